The Labute approximate surface area is 146 Å². The van der Waals surface area contributed by atoms with Crippen molar-refractivity contribution in [2.45, 2.75) is 13.3 Å². The molecule has 0 aliphatic heterocycles. The normalized spacial score (nSPS) is 10.3. The number of nitrogens with zero attached hydrogens (tertiary/aromatic N) is 2. The van der Waals surface area contributed by atoms with Crippen LogP contribution in [0.2, 0.25) is 0 Å². The number of methoxy groups -OCH3 is 1. The molecule has 2 aromatic rings. The molecule has 8 nitrogen and oxygen atoms in total. The average Bonchev–Trinajstić information content (AvgIpc) is 3.10. The van der Waals surface area contributed by atoms with Gasteiger partial charge >= 0.3 is 12.0 Å². The molecule has 0 saturated heterocycles. The Hall–Kier alpha value is -2.87. The highest BCUT2D eigenvalue weighted by Crippen LogP contribution is 2.13. The highest BCUT2D eigenvalue weighted by molar-refractivity contribution is 5.89. The topological polar surface area (TPSA) is 94.5 Å². The number of ether oxygens (including phenoxy) is 2. The number of carbonyl (C=O) groups is 2. The number of amides is 2. The number of esters is 1. The first-order chi connectivity index (χ1) is 12.1. The zero-order valence-electron chi connectivity index (χ0n) is 14.3. The van der Waals surface area contributed by atoms with E-state index in [1.54, 1.807) is 55.2 Å². The lowest BCUT2D eigenvalue weighted by Crippen LogP contribution is -2.30. The van der Waals surface area contributed by atoms with Gasteiger partial charge < -0.3 is 20.1 Å². The van der Waals surface area contributed by atoms with Gasteiger partial charge in [0.1, 0.15) is 0 Å². The minimum absolute atomic E-state index is 0.250. The molecule has 134 valence electrons. The summed E-state index contributed by atoms with van der Waals surface area (Å²) in [6, 6.07) is 8.43. The molecular formula is C17H22N4O4. The maximum absolute atomic E-state index is 11.7. The molecule has 0 spiro atoms. The third-order valence-electron chi connectivity index (χ3n) is 3.27. The van der Waals surface area contributed by atoms with Crippen molar-refractivity contribution in [3.8, 4) is 5.69 Å². The molecule has 25 heavy (non-hydrogen) atoms. The number of hydrogen-bond acceptors (Lipinski definition) is 5. The predicted molar refractivity (Wildman–Crippen MR) is 93.0 cm³/mol. The van der Waals surface area contributed by atoms with Gasteiger partial charge in [0.25, 0.3) is 0 Å². The molecular weight excluding hydrogens is 324 g/mol. The van der Waals surface area contributed by atoms with Gasteiger partial charge in [0, 0.05) is 32.1 Å². The Kier molecular flexibility index (Phi) is 6.97. The quantitative estimate of drug-likeness (QED) is 0.564. The maximum Gasteiger partial charge on any atom is 0.358 e. The molecule has 2 amide bonds. The van der Waals surface area contributed by atoms with E-state index in [1.165, 1.54) is 0 Å². The second-order valence-electron chi connectivity index (χ2n) is 5.14. The second-order valence-corrected chi connectivity index (χ2v) is 5.14. The van der Waals surface area contributed by atoms with Crippen molar-refractivity contribution in [3.05, 3.63) is 42.2 Å². The molecule has 8 heteroatoms. The third kappa shape index (κ3) is 5.61. The summed E-state index contributed by atoms with van der Waals surface area (Å²) < 4.78 is 11.4. The fraction of sp³-hybridized carbons (Fsp3) is 0.353. The molecule has 1 heterocycles. The SMILES string of the molecule is CCOC(=O)c1ccn(-c2ccc(NC(=O)NCCCOC)cc2)n1. The molecule has 0 saturated carbocycles. The summed E-state index contributed by atoms with van der Waals surface area (Å²) in [4.78, 5) is 23.4. The van der Waals surface area contributed by atoms with Gasteiger partial charge in [-0.3, -0.25) is 0 Å². The lowest BCUT2D eigenvalue weighted by atomic mass is 10.3. The van der Waals surface area contributed by atoms with Crippen molar-refractivity contribution < 1.29 is 19.1 Å². The summed E-state index contributed by atoms with van der Waals surface area (Å²) in [6.45, 7) is 3.20. The predicted octanol–water partition coefficient (Wildman–Crippen LogP) is 2.21. The maximum atomic E-state index is 11.7. The number of anilines is 1. The van der Waals surface area contributed by atoms with Gasteiger partial charge in [0.05, 0.1) is 12.3 Å². The van der Waals surface area contributed by atoms with E-state index in [0.29, 0.717) is 25.4 Å². The molecule has 1 aromatic heterocycles. The molecule has 0 radical (unpaired) electrons. The van der Waals surface area contributed by atoms with Crippen molar-refractivity contribution in [2.24, 2.45) is 0 Å². The molecule has 0 unspecified atom stereocenters. The van der Waals surface area contributed by atoms with Crippen LogP contribution in [0.4, 0.5) is 10.5 Å². The summed E-state index contributed by atoms with van der Waals surface area (Å²) in [6.07, 6.45) is 2.43. The number of benzene rings is 1. The summed E-state index contributed by atoms with van der Waals surface area (Å²) in [5.74, 6) is -0.454. The first-order valence-corrected chi connectivity index (χ1v) is 8.01. The number of urea groups is 1. The van der Waals surface area contributed by atoms with Gasteiger partial charge in [-0.25, -0.2) is 14.3 Å². The van der Waals surface area contributed by atoms with Crippen LogP contribution in [-0.4, -0.2) is 48.6 Å². The van der Waals surface area contributed by atoms with Gasteiger partial charge in [-0.05, 0) is 43.7 Å². The molecule has 0 bridgehead atoms. The second kappa shape index (κ2) is 9.43. The monoisotopic (exact) mass is 346 g/mol. The third-order valence-corrected chi connectivity index (χ3v) is 3.27. The minimum atomic E-state index is -0.454. The van der Waals surface area contributed by atoms with E-state index in [0.717, 1.165) is 12.1 Å². The van der Waals surface area contributed by atoms with E-state index >= 15 is 0 Å². The Morgan fingerprint density at radius 1 is 1.20 bits per heavy atom. The van der Waals surface area contributed by atoms with Crippen LogP contribution in [0.3, 0.4) is 0 Å². The molecule has 2 rings (SSSR count). The zero-order chi connectivity index (χ0) is 18.1. The Bertz CT molecular complexity index is 697. The Morgan fingerprint density at radius 3 is 2.64 bits per heavy atom. The lowest BCUT2D eigenvalue weighted by molar-refractivity contribution is 0.0519. The van der Waals surface area contributed by atoms with Gasteiger partial charge in [0.2, 0.25) is 0 Å². The smallest absolute Gasteiger partial charge is 0.358 e. The number of nitrogens with one attached hydrogen (secondary N) is 2. The summed E-state index contributed by atoms with van der Waals surface area (Å²) in [5, 5.41) is 9.66. The van der Waals surface area contributed by atoms with Gasteiger partial charge in [-0.15, -0.1) is 0 Å². The van der Waals surface area contributed by atoms with Gasteiger partial charge in [-0.1, -0.05) is 0 Å². The fourth-order valence-electron chi connectivity index (χ4n) is 2.07. The van der Waals surface area contributed by atoms with Crippen LogP contribution in [0, 0.1) is 0 Å². The summed E-state index contributed by atoms with van der Waals surface area (Å²) >= 11 is 0. The number of hydrogen-bond donors (Lipinski definition) is 2. The van der Waals surface area contributed by atoms with Crippen molar-refractivity contribution in [1.29, 1.82) is 0 Å². The Morgan fingerprint density at radius 2 is 1.96 bits per heavy atom. The van der Waals surface area contributed by atoms with Crippen LogP contribution in [0.25, 0.3) is 5.69 Å². The number of carbonyl (C=O) groups excluding carboxylic acids is 2. The Balaban J connectivity index is 1.91. The molecule has 0 aliphatic carbocycles. The molecule has 0 aliphatic rings. The molecule has 1 aromatic carbocycles. The lowest BCUT2D eigenvalue weighted by Gasteiger charge is -2.08. The van der Waals surface area contributed by atoms with Crippen LogP contribution in [0.5, 0.6) is 0 Å². The van der Waals surface area contributed by atoms with Crippen molar-refractivity contribution in [2.75, 3.05) is 32.2 Å². The van der Waals surface area contributed by atoms with E-state index in [1.807, 2.05) is 0 Å². The van der Waals surface area contributed by atoms with Crippen molar-refractivity contribution in [3.63, 3.8) is 0 Å². The van der Waals surface area contributed by atoms with E-state index in [9.17, 15) is 9.59 Å². The van der Waals surface area contributed by atoms with Gasteiger partial charge in [0.15, 0.2) is 5.69 Å². The first kappa shape index (κ1) is 18.5. The van der Waals surface area contributed by atoms with E-state index < -0.39 is 5.97 Å². The summed E-state index contributed by atoms with van der Waals surface area (Å²) in [5.41, 5.74) is 1.67. The van der Waals surface area contributed by atoms with E-state index in [4.69, 9.17) is 9.47 Å². The molecule has 0 atom stereocenters. The molecule has 0 fully saturated rings. The van der Waals surface area contributed by atoms with Crippen LogP contribution >= 0.6 is 0 Å². The average molecular weight is 346 g/mol. The highest BCUT2D eigenvalue weighted by atomic mass is 16.5. The summed E-state index contributed by atoms with van der Waals surface area (Å²) in [7, 11) is 1.62. The number of aromatic nitrogens is 2. The zero-order valence-corrected chi connectivity index (χ0v) is 14.3. The largest absolute Gasteiger partial charge is 0.461 e. The van der Waals surface area contributed by atoms with Crippen LogP contribution in [0.15, 0.2) is 36.5 Å². The molecule has 2 N–H and O–H groups in total. The van der Waals surface area contributed by atoms with E-state index in [2.05, 4.69) is 15.7 Å². The van der Waals surface area contributed by atoms with Crippen LogP contribution < -0.4 is 10.6 Å². The van der Waals surface area contributed by atoms with Crippen molar-refractivity contribution >= 4 is 17.7 Å². The standard InChI is InChI=1S/C17H22N4O4/c1-3-25-16(22)15-9-11-21(20-15)14-7-5-13(6-8-14)19-17(23)18-10-4-12-24-2/h5-9,11H,3-4,10,12H2,1-2H3,(H2,18,19,23). The van der Waals surface area contributed by atoms with Crippen molar-refractivity contribution in [1.82, 2.24) is 15.1 Å². The minimum Gasteiger partial charge on any atom is -0.461 e. The van der Waals surface area contributed by atoms with Crippen LogP contribution in [-0.2, 0) is 9.47 Å². The highest BCUT2D eigenvalue weighted by Gasteiger charge is 2.11. The van der Waals surface area contributed by atoms with E-state index in [-0.39, 0.29) is 11.7 Å². The van der Waals surface area contributed by atoms with Gasteiger partial charge in [-0.2, -0.15) is 5.10 Å². The van der Waals surface area contributed by atoms with Crippen LogP contribution in [0.1, 0.15) is 23.8 Å². The fourth-order valence-corrected chi connectivity index (χ4v) is 2.07. The number of rotatable bonds is 8. The first-order valence-electron chi connectivity index (χ1n) is 8.01.